The lowest BCUT2D eigenvalue weighted by Crippen LogP contribution is -2.31. The molecule has 202 valence electrons. The number of aliphatic hydroxyl groups excluding tert-OH is 1. The third kappa shape index (κ3) is 5.73. The summed E-state index contributed by atoms with van der Waals surface area (Å²) in [4.78, 5) is 32.3. The summed E-state index contributed by atoms with van der Waals surface area (Å²) in [6.07, 6.45) is 3.61. The number of aromatic nitrogens is 1. The predicted molar refractivity (Wildman–Crippen MR) is 152 cm³/mol. The molecule has 2 heterocycles. The van der Waals surface area contributed by atoms with Gasteiger partial charge in [-0.05, 0) is 54.3 Å². The van der Waals surface area contributed by atoms with Crippen LogP contribution in [0.4, 0.5) is 0 Å². The number of Topliss-reactive ketones (excluding diaryl/α,β-unsaturated/α-hetero) is 1. The van der Waals surface area contributed by atoms with Gasteiger partial charge in [-0.1, -0.05) is 66.7 Å². The van der Waals surface area contributed by atoms with Crippen molar-refractivity contribution in [2.45, 2.75) is 26.0 Å². The van der Waals surface area contributed by atoms with Crippen LogP contribution in [-0.2, 0) is 22.6 Å². The molecule has 0 saturated carbocycles. The molecule has 1 aliphatic rings. The molecule has 1 aliphatic heterocycles. The summed E-state index contributed by atoms with van der Waals surface area (Å²) >= 11 is 0. The van der Waals surface area contributed by atoms with Crippen LogP contribution in [0.2, 0.25) is 0 Å². The zero-order valence-corrected chi connectivity index (χ0v) is 22.2. The number of benzene rings is 3. The molecule has 1 fully saturated rings. The molecule has 1 amide bonds. The Morgan fingerprint density at radius 3 is 2.20 bits per heavy atom. The Bertz CT molecular complexity index is 1500. The lowest BCUT2D eigenvalue weighted by molar-refractivity contribution is -0.139. The summed E-state index contributed by atoms with van der Waals surface area (Å²) in [7, 11) is 0. The van der Waals surface area contributed by atoms with Crippen LogP contribution in [0.3, 0.4) is 0 Å². The minimum Gasteiger partial charge on any atom is -0.507 e. The van der Waals surface area contributed by atoms with Crippen molar-refractivity contribution in [3.8, 4) is 11.5 Å². The summed E-state index contributed by atoms with van der Waals surface area (Å²) < 4.78 is 12.0. The van der Waals surface area contributed by atoms with E-state index >= 15 is 0 Å². The number of pyridine rings is 1. The maximum absolute atomic E-state index is 13.4. The summed E-state index contributed by atoms with van der Waals surface area (Å²) in [5, 5.41) is 11.3. The topological polar surface area (TPSA) is 89.0 Å². The monoisotopic (exact) mass is 534 g/mol. The van der Waals surface area contributed by atoms with Gasteiger partial charge in [0.1, 0.15) is 12.4 Å². The molecule has 1 unspecified atom stereocenters. The first-order chi connectivity index (χ1) is 19.6. The van der Waals surface area contributed by atoms with Crippen molar-refractivity contribution in [2.24, 2.45) is 0 Å². The van der Waals surface area contributed by atoms with Gasteiger partial charge >= 0.3 is 0 Å². The van der Waals surface area contributed by atoms with Crippen molar-refractivity contribution in [1.82, 2.24) is 9.88 Å². The lowest BCUT2D eigenvalue weighted by atomic mass is 9.95. The van der Waals surface area contributed by atoms with E-state index in [2.05, 4.69) is 4.98 Å². The highest BCUT2D eigenvalue weighted by Gasteiger charge is 2.46. The molecule has 1 N–H and O–H groups in total. The van der Waals surface area contributed by atoms with E-state index in [1.165, 1.54) is 17.3 Å². The van der Waals surface area contributed by atoms with Gasteiger partial charge in [0.15, 0.2) is 11.5 Å². The second-order valence-electron chi connectivity index (χ2n) is 9.38. The van der Waals surface area contributed by atoms with Crippen LogP contribution >= 0.6 is 0 Å². The Morgan fingerprint density at radius 1 is 0.850 bits per heavy atom. The summed E-state index contributed by atoms with van der Waals surface area (Å²) in [6, 6.07) is 27.4. The van der Waals surface area contributed by atoms with Gasteiger partial charge in [0.25, 0.3) is 11.7 Å². The normalized spacial score (nSPS) is 16.2. The van der Waals surface area contributed by atoms with Gasteiger partial charge in [0.2, 0.25) is 0 Å². The predicted octanol–water partition coefficient (Wildman–Crippen LogP) is 5.72. The van der Waals surface area contributed by atoms with E-state index in [1.807, 2.05) is 73.7 Å². The highest BCUT2D eigenvalue weighted by molar-refractivity contribution is 6.46. The smallest absolute Gasteiger partial charge is 0.295 e. The first kappa shape index (κ1) is 26.7. The van der Waals surface area contributed by atoms with Crippen molar-refractivity contribution in [3.05, 3.63) is 131 Å². The number of hydrogen-bond donors (Lipinski definition) is 1. The number of ketones is 1. The molecule has 0 radical (unpaired) electrons. The van der Waals surface area contributed by atoms with Crippen LogP contribution in [-0.4, -0.2) is 39.8 Å². The molecule has 7 nitrogen and oxygen atoms in total. The number of carbonyl (C=O) groups excluding carboxylic acids is 2. The number of likely N-dealkylation sites (tertiary alicyclic amines) is 1. The third-order valence-corrected chi connectivity index (χ3v) is 6.80. The van der Waals surface area contributed by atoms with Crippen molar-refractivity contribution in [2.75, 3.05) is 13.2 Å². The molecular formula is C33H30N2O5. The Hall–Kier alpha value is -4.91. The lowest BCUT2D eigenvalue weighted by Gasteiger charge is -2.26. The first-order valence-corrected chi connectivity index (χ1v) is 13.2. The standard InChI is InChI=1S/C33H30N2O5/c1-2-39-28-21-26(13-14-27(28)40-22-24-11-7-4-8-12-24)30-29(31(36)25-15-18-34-19-16-25)32(37)33(38)35(30)20-17-23-9-5-3-6-10-23/h3-16,18-19,21,30,36H,2,17,20,22H2,1H3. The fraction of sp³-hybridized carbons (Fsp3) is 0.182. The molecule has 5 rings (SSSR count). The Balaban J connectivity index is 1.54. The fourth-order valence-corrected chi connectivity index (χ4v) is 4.83. The zero-order chi connectivity index (χ0) is 27.9. The molecule has 0 aliphatic carbocycles. The number of nitrogens with zero attached hydrogens (tertiary/aromatic N) is 2. The van der Waals surface area contributed by atoms with Crippen LogP contribution in [0.1, 0.15) is 35.2 Å². The van der Waals surface area contributed by atoms with Crippen molar-refractivity contribution >= 4 is 17.4 Å². The number of ether oxygens (including phenoxy) is 2. The van der Waals surface area contributed by atoms with E-state index in [4.69, 9.17) is 9.47 Å². The average Bonchev–Trinajstić information content (AvgIpc) is 3.25. The van der Waals surface area contributed by atoms with Gasteiger partial charge in [-0.2, -0.15) is 0 Å². The van der Waals surface area contributed by atoms with Gasteiger partial charge < -0.3 is 19.5 Å². The molecule has 0 spiro atoms. The van der Waals surface area contributed by atoms with Crippen molar-refractivity contribution < 1.29 is 24.2 Å². The van der Waals surface area contributed by atoms with Crippen LogP contribution in [0, 0.1) is 0 Å². The molecule has 4 aromatic rings. The molecule has 1 atom stereocenters. The average molecular weight is 535 g/mol. The van der Waals surface area contributed by atoms with Gasteiger partial charge in [0, 0.05) is 24.5 Å². The van der Waals surface area contributed by atoms with Gasteiger partial charge in [-0.25, -0.2) is 0 Å². The van der Waals surface area contributed by atoms with Crippen LogP contribution in [0.15, 0.2) is 109 Å². The van der Waals surface area contributed by atoms with E-state index in [-0.39, 0.29) is 11.3 Å². The molecule has 40 heavy (non-hydrogen) atoms. The maximum Gasteiger partial charge on any atom is 0.295 e. The Labute approximate surface area is 233 Å². The second kappa shape index (κ2) is 12.3. The minimum atomic E-state index is -0.806. The van der Waals surface area contributed by atoms with Gasteiger partial charge in [0.05, 0.1) is 18.2 Å². The highest BCUT2D eigenvalue weighted by atomic mass is 16.5. The van der Waals surface area contributed by atoms with Gasteiger partial charge in [-0.15, -0.1) is 0 Å². The number of rotatable bonds is 10. The van der Waals surface area contributed by atoms with E-state index < -0.39 is 17.7 Å². The highest BCUT2D eigenvalue weighted by Crippen LogP contribution is 2.42. The zero-order valence-electron chi connectivity index (χ0n) is 22.2. The van der Waals surface area contributed by atoms with E-state index in [0.29, 0.717) is 48.8 Å². The number of carbonyl (C=O) groups is 2. The summed E-state index contributed by atoms with van der Waals surface area (Å²) in [6.45, 7) is 2.93. The number of hydrogen-bond acceptors (Lipinski definition) is 6. The molecule has 1 aromatic heterocycles. The summed E-state index contributed by atoms with van der Waals surface area (Å²) in [5.41, 5.74) is 3.13. The number of amides is 1. The van der Waals surface area contributed by atoms with Crippen molar-refractivity contribution in [1.29, 1.82) is 0 Å². The van der Waals surface area contributed by atoms with E-state index in [9.17, 15) is 14.7 Å². The van der Waals surface area contributed by atoms with Crippen LogP contribution in [0.25, 0.3) is 5.76 Å². The Kier molecular flexibility index (Phi) is 8.21. The number of aliphatic hydroxyl groups is 1. The molecule has 1 saturated heterocycles. The molecule has 7 heteroatoms. The SMILES string of the molecule is CCOc1cc(C2C(=C(O)c3ccncc3)C(=O)C(=O)N2CCc2ccccc2)ccc1OCc1ccccc1. The first-order valence-electron chi connectivity index (χ1n) is 13.2. The van der Waals surface area contributed by atoms with Gasteiger partial charge in [-0.3, -0.25) is 14.6 Å². The quantitative estimate of drug-likeness (QED) is 0.159. The second-order valence-corrected chi connectivity index (χ2v) is 9.38. The van der Waals surface area contributed by atoms with Crippen LogP contribution < -0.4 is 9.47 Å². The Morgan fingerprint density at radius 2 is 1.52 bits per heavy atom. The fourth-order valence-electron chi connectivity index (χ4n) is 4.83. The van der Waals surface area contributed by atoms with E-state index in [0.717, 1.165) is 11.1 Å². The summed E-state index contributed by atoms with van der Waals surface area (Å²) in [5.74, 6) is -0.581. The largest absolute Gasteiger partial charge is 0.507 e. The van der Waals surface area contributed by atoms with Crippen molar-refractivity contribution in [3.63, 3.8) is 0 Å². The molecule has 3 aromatic carbocycles. The minimum absolute atomic E-state index is 0.0321. The maximum atomic E-state index is 13.4. The van der Waals surface area contributed by atoms with Crippen LogP contribution in [0.5, 0.6) is 11.5 Å². The van der Waals surface area contributed by atoms with E-state index in [1.54, 1.807) is 24.3 Å². The third-order valence-electron chi connectivity index (χ3n) is 6.80. The molecule has 0 bridgehead atoms. The molecular weight excluding hydrogens is 504 g/mol.